The van der Waals surface area contributed by atoms with Crippen LogP contribution in [0.4, 0.5) is 24.8 Å². The van der Waals surface area contributed by atoms with Gasteiger partial charge in [0.05, 0.1) is 21.3 Å². The minimum absolute atomic E-state index is 0.0474. The van der Waals surface area contributed by atoms with Crippen molar-refractivity contribution >= 4 is 46.8 Å². The standard InChI is InChI=1S/C17H11Cl2F3N4S/c18-10-4-1-3-9(17(20,21)22)15(10)16-11(19)7-8-13(25-16)26-27-14-6-2-5-12(23)24-14/h1-8H,(H2,23,24)(H,25,26). The molecular weight excluding hydrogens is 420 g/mol. The van der Waals surface area contributed by atoms with Crippen LogP contribution in [0.25, 0.3) is 11.3 Å². The van der Waals surface area contributed by atoms with Crippen molar-refractivity contribution in [2.24, 2.45) is 0 Å². The number of nitrogens with two attached hydrogens (primary N) is 1. The maximum Gasteiger partial charge on any atom is 0.417 e. The van der Waals surface area contributed by atoms with Gasteiger partial charge in [0.25, 0.3) is 0 Å². The number of rotatable bonds is 4. The van der Waals surface area contributed by atoms with E-state index in [1.807, 2.05) is 0 Å². The summed E-state index contributed by atoms with van der Waals surface area (Å²) in [6.45, 7) is 0. The Balaban J connectivity index is 1.97. The van der Waals surface area contributed by atoms with Crippen LogP contribution in [0, 0.1) is 0 Å². The molecule has 3 rings (SSSR count). The number of alkyl halides is 3. The molecule has 3 N–H and O–H groups in total. The molecule has 0 aliphatic heterocycles. The highest BCUT2D eigenvalue weighted by Gasteiger charge is 2.35. The minimum atomic E-state index is -4.60. The van der Waals surface area contributed by atoms with Gasteiger partial charge in [-0.05, 0) is 36.4 Å². The third-order valence-electron chi connectivity index (χ3n) is 3.41. The maximum absolute atomic E-state index is 13.4. The summed E-state index contributed by atoms with van der Waals surface area (Å²) in [5, 5.41) is 0.523. The monoisotopic (exact) mass is 430 g/mol. The predicted molar refractivity (Wildman–Crippen MR) is 103 cm³/mol. The zero-order valence-electron chi connectivity index (χ0n) is 13.4. The Hall–Kier alpha value is -2.16. The van der Waals surface area contributed by atoms with Crippen LogP contribution in [-0.4, -0.2) is 9.97 Å². The Morgan fingerprint density at radius 1 is 0.926 bits per heavy atom. The van der Waals surface area contributed by atoms with Gasteiger partial charge >= 0.3 is 6.18 Å². The maximum atomic E-state index is 13.4. The first kappa shape index (κ1) is 19.6. The SMILES string of the molecule is Nc1cccc(SNc2ccc(Cl)c(-c3c(Cl)cccc3C(F)(F)F)n2)n1. The quantitative estimate of drug-likeness (QED) is 0.484. The van der Waals surface area contributed by atoms with Gasteiger partial charge < -0.3 is 10.5 Å². The highest BCUT2D eigenvalue weighted by atomic mass is 35.5. The van der Waals surface area contributed by atoms with E-state index in [-0.39, 0.29) is 27.1 Å². The summed E-state index contributed by atoms with van der Waals surface area (Å²) in [4.78, 5) is 8.31. The summed E-state index contributed by atoms with van der Waals surface area (Å²) in [6.07, 6.45) is -4.60. The van der Waals surface area contributed by atoms with Gasteiger partial charge in [-0.3, -0.25) is 0 Å². The van der Waals surface area contributed by atoms with E-state index in [9.17, 15) is 13.2 Å². The summed E-state index contributed by atoms with van der Waals surface area (Å²) in [5.74, 6) is 0.633. The Kier molecular flexibility index (Phi) is 5.69. The topological polar surface area (TPSA) is 63.8 Å². The van der Waals surface area contributed by atoms with Gasteiger partial charge in [-0.25, -0.2) is 9.97 Å². The molecule has 1 aromatic carbocycles. The number of hydrogen-bond acceptors (Lipinski definition) is 5. The van der Waals surface area contributed by atoms with Gasteiger partial charge in [0, 0.05) is 17.5 Å². The molecule has 0 radical (unpaired) electrons. The number of aromatic nitrogens is 2. The summed E-state index contributed by atoms with van der Waals surface area (Å²) in [7, 11) is 0. The Bertz CT molecular complexity index is 983. The number of hydrogen-bond donors (Lipinski definition) is 2. The lowest BCUT2D eigenvalue weighted by atomic mass is 10.0. The molecular formula is C17H11Cl2F3N4S. The van der Waals surface area contributed by atoms with E-state index < -0.39 is 11.7 Å². The highest BCUT2D eigenvalue weighted by Crippen LogP contribution is 2.42. The van der Waals surface area contributed by atoms with Gasteiger partial charge in [0.2, 0.25) is 0 Å². The van der Waals surface area contributed by atoms with Crippen molar-refractivity contribution < 1.29 is 13.2 Å². The zero-order chi connectivity index (χ0) is 19.6. The largest absolute Gasteiger partial charge is 0.417 e. The lowest BCUT2D eigenvalue weighted by molar-refractivity contribution is -0.137. The normalized spacial score (nSPS) is 11.4. The average molecular weight is 431 g/mol. The molecule has 3 aromatic rings. The predicted octanol–water partition coefficient (Wildman–Crippen LogP) is 6.17. The van der Waals surface area contributed by atoms with Gasteiger partial charge in [-0.2, -0.15) is 13.2 Å². The number of nitrogen functional groups attached to an aromatic ring is 1. The summed E-state index contributed by atoms with van der Waals surface area (Å²) < 4.78 is 43.1. The second-order valence-corrected chi connectivity index (χ2v) is 6.93. The molecule has 0 atom stereocenters. The summed E-state index contributed by atoms with van der Waals surface area (Å²) in [6, 6.07) is 11.6. The van der Waals surface area contributed by atoms with Crippen LogP contribution >= 0.6 is 35.1 Å². The first-order chi connectivity index (χ1) is 12.8. The van der Waals surface area contributed by atoms with E-state index in [4.69, 9.17) is 28.9 Å². The lowest BCUT2D eigenvalue weighted by Crippen LogP contribution is -2.08. The number of benzene rings is 1. The van der Waals surface area contributed by atoms with E-state index in [0.29, 0.717) is 10.8 Å². The van der Waals surface area contributed by atoms with Crippen molar-refractivity contribution in [3.63, 3.8) is 0 Å². The molecule has 10 heteroatoms. The van der Waals surface area contributed by atoms with Crippen LogP contribution in [0.15, 0.2) is 53.6 Å². The number of nitrogens with one attached hydrogen (secondary N) is 1. The lowest BCUT2D eigenvalue weighted by Gasteiger charge is -2.15. The summed E-state index contributed by atoms with van der Waals surface area (Å²) >= 11 is 13.3. The molecule has 2 heterocycles. The number of halogens is 5. The molecule has 0 saturated carbocycles. The molecule has 140 valence electrons. The fourth-order valence-electron chi connectivity index (χ4n) is 2.27. The first-order valence-corrected chi connectivity index (χ1v) is 9.01. The van der Waals surface area contributed by atoms with Crippen molar-refractivity contribution in [2.45, 2.75) is 11.2 Å². The number of nitrogens with zero attached hydrogens (tertiary/aromatic N) is 2. The second-order valence-electron chi connectivity index (χ2n) is 5.29. The van der Waals surface area contributed by atoms with Crippen LogP contribution in [0.3, 0.4) is 0 Å². The van der Waals surface area contributed by atoms with Gasteiger partial charge in [0.15, 0.2) is 0 Å². The van der Waals surface area contributed by atoms with Crippen molar-refractivity contribution in [3.05, 3.63) is 64.1 Å². The van der Waals surface area contributed by atoms with Crippen molar-refractivity contribution in [1.82, 2.24) is 9.97 Å². The van der Waals surface area contributed by atoms with Gasteiger partial charge in [-0.15, -0.1) is 0 Å². The molecule has 0 bridgehead atoms. The molecule has 2 aromatic heterocycles. The van der Waals surface area contributed by atoms with E-state index >= 15 is 0 Å². The Labute approximate surface area is 167 Å². The molecule has 0 fully saturated rings. The molecule has 0 spiro atoms. The van der Waals surface area contributed by atoms with Crippen LogP contribution in [0.5, 0.6) is 0 Å². The van der Waals surface area contributed by atoms with E-state index in [1.165, 1.54) is 24.3 Å². The van der Waals surface area contributed by atoms with Crippen molar-refractivity contribution in [2.75, 3.05) is 10.5 Å². The van der Waals surface area contributed by atoms with Gasteiger partial charge in [0.1, 0.15) is 16.7 Å². The molecule has 0 aliphatic carbocycles. The molecule has 0 unspecified atom stereocenters. The van der Waals surface area contributed by atoms with E-state index in [0.717, 1.165) is 18.0 Å². The minimum Gasteiger partial charge on any atom is -0.384 e. The van der Waals surface area contributed by atoms with Crippen LogP contribution in [0.2, 0.25) is 10.0 Å². The Morgan fingerprint density at radius 3 is 2.37 bits per heavy atom. The third kappa shape index (κ3) is 4.58. The van der Waals surface area contributed by atoms with Crippen molar-refractivity contribution in [3.8, 4) is 11.3 Å². The average Bonchev–Trinajstić information content (AvgIpc) is 2.60. The molecule has 4 nitrogen and oxygen atoms in total. The second kappa shape index (κ2) is 7.84. The van der Waals surface area contributed by atoms with Crippen molar-refractivity contribution in [1.29, 1.82) is 0 Å². The molecule has 27 heavy (non-hydrogen) atoms. The number of anilines is 2. The third-order valence-corrected chi connectivity index (χ3v) is 4.77. The Morgan fingerprint density at radius 2 is 1.67 bits per heavy atom. The number of pyridine rings is 2. The zero-order valence-corrected chi connectivity index (χ0v) is 15.7. The fourth-order valence-corrected chi connectivity index (χ4v) is 3.35. The first-order valence-electron chi connectivity index (χ1n) is 7.43. The van der Waals surface area contributed by atoms with E-state index in [1.54, 1.807) is 18.2 Å². The summed E-state index contributed by atoms with van der Waals surface area (Å²) in [5.41, 5.74) is 4.36. The smallest absolute Gasteiger partial charge is 0.384 e. The molecule has 0 saturated heterocycles. The highest BCUT2D eigenvalue weighted by molar-refractivity contribution is 8.00. The molecule has 0 amide bonds. The van der Waals surface area contributed by atoms with Gasteiger partial charge in [-0.1, -0.05) is 35.3 Å². The van der Waals surface area contributed by atoms with E-state index in [2.05, 4.69) is 14.7 Å². The molecule has 0 aliphatic rings. The van der Waals surface area contributed by atoms with Crippen LogP contribution in [0.1, 0.15) is 5.56 Å². The fraction of sp³-hybridized carbons (Fsp3) is 0.0588. The van der Waals surface area contributed by atoms with Crippen LogP contribution < -0.4 is 10.5 Å². The van der Waals surface area contributed by atoms with Crippen LogP contribution in [-0.2, 0) is 6.18 Å².